The van der Waals surface area contributed by atoms with E-state index in [9.17, 15) is 14.7 Å². The number of hydrogen-bond donors (Lipinski definition) is 3. The second-order valence-corrected chi connectivity index (χ2v) is 12.7. The first kappa shape index (κ1) is 36.0. The number of halogens is 3. The average molecular weight is 677 g/mol. The smallest absolute Gasteiger partial charge is 0.328 e. The topological polar surface area (TPSA) is 121 Å². The van der Waals surface area contributed by atoms with Gasteiger partial charge in [0.15, 0.2) is 17.4 Å². The van der Waals surface area contributed by atoms with Gasteiger partial charge >= 0.3 is 5.97 Å². The molecule has 0 saturated heterocycles. The summed E-state index contributed by atoms with van der Waals surface area (Å²) in [4.78, 5) is 30.4. The summed E-state index contributed by atoms with van der Waals surface area (Å²) in [5, 5.41) is 17.2. The summed E-state index contributed by atoms with van der Waals surface area (Å²) in [6.45, 7) is 11.8. The molecule has 0 aliphatic heterocycles. The number of H-pyrrole nitrogens is 2. The number of carboxylic acid groups (broad SMARTS) is 1. The van der Waals surface area contributed by atoms with Gasteiger partial charge in [0, 0.05) is 34.7 Å². The van der Waals surface area contributed by atoms with Crippen LogP contribution in [0.15, 0.2) is 60.8 Å². The van der Waals surface area contributed by atoms with Crippen molar-refractivity contribution >= 4 is 40.8 Å². The molecule has 48 heavy (non-hydrogen) atoms. The van der Waals surface area contributed by atoms with Crippen LogP contribution < -0.4 is 4.74 Å². The number of aromatic amines is 2. The van der Waals surface area contributed by atoms with Crippen LogP contribution in [0.1, 0.15) is 76.4 Å². The number of nitrogens with one attached hydrogen (secondary N) is 2. The molecular weight excluding hydrogens is 638 g/mol. The van der Waals surface area contributed by atoms with Crippen molar-refractivity contribution in [3.63, 3.8) is 0 Å². The van der Waals surface area contributed by atoms with Crippen molar-refractivity contribution < 1.29 is 28.2 Å². The van der Waals surface area contributed by atoms with E-state index in [1.165, 1.54) is 30.5 Å². The monoisotopic (exact) mass is 676 g/mol. The summed E-state index contributed by atoms with van der Waals surface area (Å²) in [5.41, 5.74) is 1.41. The zero-order valence-electron chi connectivity index (χ0n) is 27.7. The fourth-order valence-corrected chi connectivity index (χ4v) is 5.74. The molecule has 0 amide bonds. The minimum Gasteiger partial charge on any atom is -0.478 e. The molecule has 3 aromatic carbocycles. The molecule has 0 saturated carbocycles. The Bertz CT molecular complexity index is 1970. The van der Waals surface area contributed by atoms with Crippen LogP contribution in [-0.4, -0.2) is 37.5 Å². The van der Waals surface area contributed by atoms with Crippen molar-refractivity contribution in [2.24, 2.45) is 5.41 Å². The van der Waals surface area contributed by atoms with Gasteiger partial charge in [0.1, 0.15) is 23.7 Å². The lowest BCUT2D eigenvalue weighted by Crippen LogP contribution is -2.26. The Morgan fingerprint density at radius 1 is 1.06 bits per heavy atom. The zero-order chi connectivity index (χ0) is 35.2. The van der Waals surface area contributed by atoms with Crippen LogP contribution in [0.2, 0.25) is 5.02 Å². The van der Waals surface area contributed by atoms with E-state index in [2.05, 4.69) is 21.2 Å². The number of benzene rings is 3. The molecule has 3 N–H and O–H groups in total. The van der Waals surface area contributed by atoms with Crippen LogP contribution >= 0.6 is 11.6 Å². The van der Waals surface area contributed by atoms with E-state index in [-0.39, 0.29) is 33.5 Å². The van der Waals surface area contributed by atoms with Gasteiger partial charge in [-0.2, -0.15) is 5.10 Å². The number of rotatable bonds is 12. The fourth-order valence-electron chi connectivity index (χ4n) is 5.48. The molecule has 0 bridgehead atoms. The number of aldehydes is 1. The molecule has 5 rings (SSSR count). The molecule has 0 fully saturated rings. The summed E-state index contributed by atoms with van der Waals surface area (Å²) in [7, 11) is 0. The molecule has 11 heteroatoms. The van der Waals surface area contributed by atoms with E-state index in [1.54, 1.807) is 0 Å². The van der Waals surface area contributed by atoms with Gasteiger partial charge in [-0.3, -0.25) is 5.10 Å². The van der Waals surface area contributed by atoms with Crippen LogP contribution in [0, 0.1) is 24.0 Å². The number of carboxylic acids is 1. The first-order valence-corrected chi connectivity index (χ1v) is 16.0. The van der Waals surface area contributed by atoms with E-state index in [0.717, 1.165) is 36.0 Å². The number of carbonyl (C=O) groups is 2. The first-order valence-electron chi connectivity index (χ1n) is 15.7. The van der Waals surface area contributed by atoms with Gasteiger partial charge in [0.2, 0.25) is 0 Å². The first-order chi connectivity index (χ1) is 22.8. The number of carbonyl (C=O) groups excluding carboxylic acids is 1. The standard InChI is InChI=1S/C35H33ClF2N4O4.C2H6/c1-20-7-5-8-21(15-20)35(4,14-6-13-34(2,3)19-43)33-40-32(41-42-33)24-16-22(9-11-26(24)37)46-31-23(10-12-29(44)45)30-25(36)18-39-28(30)17-27(31)38;1-2/h5,7-12,15-19,39H,6,13-14H2,1-4H3,(H,44,45)(H,40,41,42);1-2H3/b12-10+;. The third kappa shape index (κ3) is 7.82. The number of aryl methyl sites for hydroxylation is 1. The molecule has 0 spiro atoms. The van der Waals surface area contributed by atoms with Crippen molar-refractivity contribution in [2.45, 2.75) is 66.2 Å². The number of nitrogens with zero attached hydrogens (tertiary/aromatic N) is 2. The Morgan fingerprint density at radius 2 is 1.81 bits per heavy atom. The van der Waals surface area contributed by atoms with E-state index in [1.807, 2.05) is 59.7 Å². The normalized spacial score (nSPS) is 12.9. The minimum absolute atomic E-state index is 0.0115. The third-order valence-electron chi connectivity index (χ3n) is 8.14. The van der Waals surface area contributed by atoms with Gasteiger partial charge in [0.25, 0.3) is 0 Å². The summed E-state index contributed by atoms with van der Waals surface area (Å²) in [6.07, 6.45) is 6.50. The van der Waals surface area contributed by atoms with Gasteiger partial charge in [-0.15, -0.1) is 0 Å². The second kappa shape index (κ2) is 14.9. The average Bonchev–Trinajstić information content (AvgIpc) is 3.70. The summed E-state index contributed by atoms with van der Waals surface area (Å²) >= 11 is 6.32. The maximum absolute atomic E-state index is 15.3. The number of ether oxygens (including phenoxy) is 1. The number of fused-ring (bicyclic) bond motifs is 1. The van der Waals surface area contributed by atoms with Crippen molar-refractivity contribution in [2.75, 3.05) is 0 Å². The molecule has 8 nitrogen and oxygen atoms in total. The molecule has 0 radical (unpaired) electrons. The highest BCUT2D eigenvalue weighted by atomic mass is 35.5. The predicted octanol–water partition coefficient (Wildman–Crippen LogP) is 9.81. The Kier molecular flexibility index (Phi) is 11.2. The number of aliphatic carboxylic acids is 1. The number of hydrogen-bond acceptors (Lipinski definition) is 5. The van der Waals surface area contributed by atoms with Gasteiger partial charge in [0.05, 0.1) is 21.5 Å². The lowest BCUT2D eigenvalue weighted by molar-refractivity contribution is -0.131. The van der Waals surface area contributed by atoms with Crippen LogP contribution in [0.5, 0.6) is 11.5 Å². The molecule has 252 valence electrons. The second-order valence-electron chi connectivity index (χ2n) is 12.2. The summed E-state index contributed by atoms with van der Waals surface area (Å²) in [5.74, 6) is -2.29. The predicted molar refractivity (Wildman–Crippen MR) is 184 cm³/mol. The highest BCUT2D eigenvalue weighted by Gasteiger charge is 2.34. The molecule has 0 aliphatic carbocycles. The Hall–Kier alpha value is -4.83. The van der Waals surface area contributed by atoms with E-state index in [4.69, 9.17) is 21.3 Å². The molecule has 2 heterocycles. The van der Waals surface area contributed by atoms with E-state index in [0.29, 0.717) is 29.6 Å². The maximum atomic E-state index is 15.3. The third-order valence-corrected chi connectivity index (χ3v) is 8.43. The quantitative estimate of drug-likeness (QED) is 0.0893. The van der Waals surface area contributed by atoms with Crippen LogP contribution in [-0.2, 0) is 15.0 Å². The Morgan fingerprint density at radius 3 is 2.50 bits per heavy atom. The van der Waals surface area contributed by atoms with Crippen LogP contribution in [0.3, 0.4) is 0 Å². The van der Waals surface area contributed by atoms with Crippen LogP contribution in [0.25, 0.3) is 28.4 Å². The highest BCUT2D eigenvalue weighted by Crippen LogP contribution is 2.41. The Labute approximate surface area is 283 Å². The molecule has 1 atom stereocenters. The molecule has 2 aromatic heterocycles. The van der Waals surface area contributed by atoms with Crippen molar-refractivity contribution in [1.29, 1.82) is 0 Å². The Balaban J connectivity index is 0.00000255. The van der Waals surface area contributed by atoms with E-state index >= 15 is 8.78 Å². The fraction of sp³-hybridized carbons (Fsp3) is 0.297. The van der Waals surface area contributed by atoms with E-state index < -0.39 is 28.4 Å². The molecular formula is C37H39ClF2N4O4. The van der Waals surface area contributed by atoms with Gasteiger partial charge in [-0.1, -0.05) is 75.5 Å². The van der Waals surface area contributed by atoms with Crippen molar-refractivity contribution in [3.8, 4) is 22.9 Å². The largest absolute Gasteiger partial charge is 0.478 e. The maximum Gasteiger partial charge on any atom is 0.328 e. The lowest BCUT2D eigenvalue weighted by Gasteiger charge is -2.29. The highest BCUT2D eigenvalue weighted by molar-refractivity contribution is 6.36. The van der Waals surface area contributed by atoms with Gasteiger partial charge < -0.3 is 19.6 Å². The molecule has 0 aliphatic rings. The van der Waals surface area contributed by atoms with Crippen LogP contribution in [0.4, 0.5) is 8.78 Å². The molecule has 1 unspecified atom stereocenters. The zero-order valence-corrected chi connectivity index (χ0v) is 28.5. The SMILES string of the molecule is CC.Cc1cccc(C(C)(CCCC(C)(C)C=O)c2nc(-c3cc(Oc4c(F)cc5[nH]cc(Cl)c5c4/C=C/C(=O)O)ccc3F)n[nH]2)c1. The molecule has 5 aromatic rings. The van der Waals surface area contributed by atoms with Crippen molar-refractivity contribution in [1.82, 2.24) is 20.2 Å². The summed E-state index contributed by atoms with van der Waals surface area (Å²) < 4.78 is 36.5. The lowest BCUT2D eigenvalue weighted by atomic mass is 9.75. The van der Waals surface area contributed by atoms with Gasteiger partial charge in [-0.05, 0) is 56.5 Å². The van der Waals surface area contributed by atoms with Crippen molar-refractivity contribution in [3.05, 3.63) is 100.0 Å². The summed E-state index contributed by atoms with van der Waals surface area (Å²) in [6, 6.07) is 13.1. The minimum atomic E-state index is -1.25. The number of aromatic nitrogens is 4. The van der Waals surface area contributed by atoms with Gasteiger partial charge in [-0.25, -0.2) is 18.6 Å².